The highest BCUT2D eigenvalue weighted by atomic mass is 16.2. The molecule has 0 radical (unpaired) electrons. The van der Waals surface area contributed by atoms with Crippen LogP contribution in [0.5, 0.6) is 0 Å². The van der Waals surface area contributed by atoms with Crippen LogP contribution in [0, 0.1) is 0 Å². The summed E-state index contributed by atoms with van der Waals surface area (Å²) in [6.45, 7) is 9.45. The molecule has 1 unspecified atom stereocenters. The fraction of sp³-hybridized carbons (Fsp3) is 0.826. The van der Waals surface area contributed by atoms with E-state index in [1.54, 1.807) is 0 Å². The third-order valence-corrected chi connectivity index (χ3v) is 7.19. The fourth-order valence-electron chi connectivity index (χ4n) is 5.19. The van der Waals surface area contributed by atoms with Gasteiger partial charge in [-0.05, 0) is 39.0 Å². The van der Waals surface area contributed by atoms with E-state index in [-0.39, 0.29) is 6.04 Å². The smallest absolute Gasteiger partial charge is 0.239 e. The van der Waals surface area contributed by atoms with Crippen LogP contribution in [-0.2, 0) is 24.2 Å². The van der Waals surface area contributed by atoms with Gasteiger partial charge in [-0.3, -0.25) is 14.7 Å². The maximum atomic E-state index is 12.7. The van der Waals surface area contributed by atoms with Gasteiger partial charge in [0, 0.05) is 72.2 Å². The van der Waals surface area contributed by atoms with Gasteiger partial charge in [0.25, 0.3) is 0 Å². The first-order chi connectivity index (χ1) is 15.7. The number of hydrogen-bond donors (Lipinski definition) is 1. The Morgan fingerprint density at radius 2 is 1.72 bits per heavy atom. The average Bonchev–Trinajstić information content (AvgIpc) is 3.43. The number of nitrogens with zero attached hydrogens (tertiary/aromatic N) is 7. The molecule has 4 heterocycles. The van der Waals surface area contributed by atoms with Crippen LogP contribution in [0.1, 0.15) is 57.1 Å². The number of rotatable bonds is 6. The molecule has 1 aromatic rings. The molecule has 9 heteroatoms. The third-order valence-electron chi connectivity index (χ3n) is 7.19. The van der Waals surface area contributed by atoms with E-state index in [0.717, 1.165) is 102 Å². The van der Waals surface area contributed by atoms with E-state index in [0.29, 0.717) is 5.91 Å². The van der Waals surface area contributed by atoms with Crippen LogP contribution in [0.25, 0.3) is 0 Å². The largest absolute Gasteiger partial charge is 0.356 e. The summed E-state index contributed by atoms with van der Waals surface area (Å²) in [6, 6.07) is -0.0245. The van der Waals surface area contributed by atoms with Crippen molar-refractivity contribution in [2.45, 2.75) is 70.9 Å². The number of hydrogen-bond acceptors (Lipinski definition) is 5. The Kier molecular flexibility index (Phi) is 8.00. The number of aliphatic imine (C=N–C) groups is 1. The quantitative estimate of drug-likeness (QED) is 0.403. The van der Waals surface area contributed by atoms with E-state index in [9.17, 15) is 4.79 Å². The summed E-state index contributed by atoms with van der Waals surface area (Å²) < 4.78 is 2.34. The van der Waals surface area contributed by atoms with Gasteiger partial charge in [0.2, 0.25) is 5.91 Å². The first-order valence-electron chi connectivity index (χ1n) is 12.6. The van der Waals surface area contributed by atoms with Gasteiger partial charge in [0.1, 0.15) is 11.6 Å². The predicted molar refractivity (Wildman–Crippen MR) is 126 cm³/mol. The lowest BCUT2D eigenvalue weighted by Crippen LogP contribution is -2.57. The number of aromatic nitrogens is 3. The molecule has 0 bridgehead atoms. The van der Waals surface area contributed by atoms with Crippen LogP contribution in [-0.4, -0.2) is 100 Å². The van der Waals surface area contributed by atoms with E-state index in [2.05, 4.69) is 41.8 Å². The van der Waals surface area contributed by atoms with Crippen molar-refractivity contribution in [1.82, 2.24) is 34.8 Å². The molecule has 2 saturated heterocycles. The molecule has 9 nitrogen and oxygen atoms in total. The van der Waals surface area contributed by atoms with Gasteiger partial charge in [0.05, 0.1) is 6.04 Å². The Hall–Kier alpha value is -2.16. The zero-order chi connectivity index (χ0) is 22.3. The highest BCUT2D eigenvalue weighted by Gasteiger charge is 2.30. The molecule has 3 aliphatic heterocycles. The van der Waals surface area contributed by atoms with E-state index >= 15 is 0 Å². The van der Waals surface area contributed by atoms with E-state index < -0.39 is 0 Å². The van der Waals surface area contributed by atoms with E-state index in [1.165, 1.54) is 19.3 Å². The van der Waals surface area contributed by atoms with Gasteiger partial charge in [-0.15, -0.1) is 10.2 Å². The van der Waals surface area contributed by atoms with Crippen molar-refractivity contribution in [3.05, 3.63) is 11.6 Å². The average molecular weight is 445 g/mol. The second-order valence-corrected chi connectivity index (χ2v) is 9.30. The van der Waals surface area contributed by atoms with Gasteiger partial charge in [-0.25, -0.2) is 0 Å². The minimum atomic E-state index is -0.0245. The van der Waals surface area contributed by atoms with Crippen molar-refractivity contribution in [2.75, 3.05) is 52.9 Å². The minimum absolute atomic E-state index is 0.0245. The number of likely N-dealkylation sites (tertiary alicyclic amines) is 1. The maximum absolute atomic E-state index is 12.7. The molecular weight excluding hydrogens is 404 g/mol. The van der Waals surface area contributed by atoms with Crippen molar-refractivity contribution in [2.24, 2.45) is 4.99 Å². The first-order valence-corrected chi connectivity index (χ1v) is 12.6. The Morgan fingerprint density at radius 3 is 2.47 bits per heavy atom. The molecular formula is C23H40N8O. The van der Waals surface area contributed by atoms with E-state index in [1.807, 2.05) is 11.9 Å². The molecule has 178 valence electrons. The maximum Gasteiger partial charge on any atom is 0.239 e. The Morgan fingerprint density at radius 1 is 0.969 bits per heavy atom. The molecule has 1 aromatic heterocycles. The van der Waals surface area contributed by atoms with Crippen molar-refractivity contribution >= 4 is 11.9 Å². The summed E-state index contributed by atoms with van der Waals surface area (Å²) in [4.78, 5) is 23.9. The molecule has 0 spiro atoms. The third kappa shape index (κ3) is 5.42. The van der Waals surface area contributed by atoms with Crippen molar-refractivity contribution in [1.29, 1.82) is 0 Å². The number of carbonyl (C=O) groups excluding carboxylic acids is 1. The lowest BCUT2D eigenvalue weighted by Gasteiger charge is -2.39. The number of guanidine groups is 1. The summed E-state index contributed by atoms with van der Waals surface area (Å²) in [7, 11) is 1.85. The zero-order valence-electron chi connectivity index (χ0n) is 19.9. The molecule has 0 aromatic carbocycles. The van der Waals surface area contributed by atoms with E-state index in [4.69, 9.17) is 0 Å². The van der Waals surface area contributed by atoms with Gasteiger partial charge in [-0.2, -0.15) is 0 Å². The normalized spacial score (nSPS) is 21.4. The second-order valence-electron chi connectivity index (χ2n) is 9.30. The molecule has 1 amide bonds. The monoisotopic (exact) mass is 444 g/mol. The molecule has 32 heavy (non-hydrogen) atoms. The summed E-state index contributed by atoms with van der Waals surface area (Å²) in [6.07, 6.45) is 9.07. The van der Waals surface area contributed by atoms with Crippen LogP contribution in [0.3, 0.4) is 0 Å². The Balaban J connectivity index is 1.19. The van der Waals surface area contributed by atoms with Crippen LogP contribution >= 0.6 is 0 Å². The topological polar surface area (TPSA) is 81.9 Å². The first kappa shape index (κ1) is 23.0. The Bertz CT molecular complexity index is 777. The van der Waals surface area contributed by atoms with Crippen molar-refractivity contribution in [3.63, 3.8) is 0 Å². The van der Waals surface area contributed by atoms with Crippen molar-refractivity contribution in [3.8, 4) is 0 Å². The molecule has 0 saturated carbocycles. The summed E-state index contributed by atoms with van der Waals surface area (Å²) in [5.74, 6) is 3.55. The number of fused-ring (bicyclic) bond motifs is 1. The summed E-state index contributed by atoms with van der Waals surface area (Å²) in [5.41, 5.74) is 0. The fourth-order valence-corrected chi connectivity index (χ4v) is 5.19. The summed E-state index contributed by atoms with van der Waals surface area (Å²) in [5, 5.41) is 12.4. The highest BCUT2D eigenvalue weighted by Crippen LogP contribution is 2.16. The standard InChI is InChI=1S/C23H40N8O/c1-19(22(32)29-12-6-7-13-29)28-15-17-30(18-16-28)23(24-2)25-11-8-10-21-27-26-20-9-4-3-5-14-31(20)21/h19H,3-18H2,1-2H3,(H,24,25). The van der Waals surface area contributed by atoms with Crippen LogP contribution < -0.4 is 5.32 Å². The number of nitrogens with one attached hydrogen (secondary N) is 1. The molecule has 1 N–H and O–H groups in total. The second kappa shape index (κ2) is 11.1. The number of aryl methyl sites for hydroxylation is 2. The van der Waals surface area contributed by atoms with Crippen LogP contribution in [0.4, 0.5) is 0 Å². The number of amides is 1. The number of piperazine rings is 1. The van der Waals surface area contributed by atoms with Gasteiger partial charge in [0.15, 0.2) is 5.96 Å². The molecule has 3 aliphatic rings. The lowest BCUT2D eigenvalue weighted by molar-refractivity contribution is -0.135. The van der Waals surface area contributed by atoms with Gasteiger partial charge >= 0.3 is 0 Å². The minimum Gasteiger partial charge on any atom is -0.356 e. The molecule has 0 aliphatic carbocycles. The van der Waals surface area contributed by atoms with Crippen LogP contribution in [0.15, 0.2) is 4.99 Å². The number of carbonyl (C=O) groups is 1. The molecule has 4 rings (SSSR count). The lowest BCUT2D eigenvalue weighted by atomic mass is 10.2. The Labute approximate surface area is 192 Å². The van der Waals surface area contributed by atoms with Crippen molar-refractivity contribution < 1.29 is 4.79 Å². The predicted octanol–water partition coefficient (Wildman–Crippen LogP) is 1.14. The zero-order valence-corrected chi connectivity index (χ0v) is 19.9. The molecule has 1 atom stereocenters. The van der Waals surface area contributed by atoms with Crippen LogP contribution in [0.2, 0.25) is 0 Å². The highest BCUT2D eigenvalue weighted by molar-refractivity contribution is 5.82. The van der Waals surface area contributed by atoms with Gasteiger partial charge in [-0.1, -0.05) is 6.42 Å². The molecule has 2 fully saturated rings. The van der Waals surface area contributed by atoms with Gasteiger partial charge < -0.3 is 19.7 Å². The SMILES string of the molecule is CN=C(NCCCc1nnc2n1CCCCC2)N1CCN(C(C)C(=O)N2CCCC2)CC1. The summed E-state index contributed by atoms with van der Waals surface area (Å²) >= 11 is 0.